The van der Waals surface area contributed by atoms with Crippen LogP contribution in [0.3, 0.4) is 0 Å². The van der Waals surface area contributed by atoms with Gasteiger partial charge in [0.05, 0.1) is 12.3 Å². The third-order valence-corrected chi connectivity index (χ3v) is 6.36. The fourth-order valence-corrected chi connectivity index (χ4v) is 5.06. The molecule has 0 spiro atoms. The molecule has 0 unspecified atom stereocenters. The second-order valence-electron chi connectivity index (χ2n) is 8.05. The molecule has 1 aliphatic carbocycles. The molecule has 0 saturated heterocycles. The number of hydrogen-bond acceptors (Lipinski definition) is 1. The second-order valence-corrected chi connectivity index (χ2v) is 8.05. The Labute approximate surface area is 195 Å². The summed E-state index contributed by atoms with van der Waals surface area (Å²) in [5.41, 5.74) is 13.3. The molecule has 1 heteroatoms. The highest BCUT2D eigenvalue weighted by molar-refractivity contribution is 5.89. The summed E-state index contributed by atoms with van der Waals surface area (Å²) in [7, 11) is 0. The van der Waals surface area contributed by atoms with Crippen molar-refractivity contribution in [1.29, 1.82) is 0 Å². The largest absolute Gasteiger partial charge is 0.399 e. The van der Waals surface area contributed by atoms with Crippen LogP contribution >= 0.6 is 0 Å². The molecule has 1 aliphatic rings. The molecule has 0 aliphatic heterocycles. The molecule has 152 valence electrons. The summed E-state index contributed by atoms with van der Waals surface area (Å²) in [5, 5.41) is 0. The maximum absolute atomic E-state index is 8.56. The van der Waals surface area contributed by atoms with Crippen LogP contribution in [0.1, 0.15) is 29.1 Å². The first-order valence-electron chi connectivity index (χ1n) is 13.1. The van der Waals surface area contributed by atoms with E-state index in [1.54, 1.807) is 0 Å². The first kappa shape index (κ1) is 14.1. The summed E-state index contributed by atoms with van der Waals surface area (Å²) in [6.07, 6.45) is 0. The molecule has 6 rings (SSSR count). The molecule has 0 bridgehead atoms. The summed E-state index contributed by atoms with van der Waals surface area (Å²) >= 11 is 0. The van der Waals surface area contributed by atoms with E-state index in [9.17, 15) is 0 Å². The summed E-state index contributed by atoms with van der Waals surface area (Å²) < 4.78 is 41.5. The highest BCUT2D eigenvalue weighted by Gasteiger charge is 2.46. The Hall–Kier alpha value is -4.10. The van der Waals surface area contributed by atoms with Gasteiger partial charge in [-0.15, -0.1) is 0 Å². The number of benzene rings is 5. The van der Waals surface area contributed by atoms with Crippen molar-refractivity contribution in [2.75, 3.05) is 5.73 Å². The van der Waals surface area contributed by atoms with E-state index in [1.165, 1.54) is 0 Å². The minimum Gasteiger partial charge on any atom is -0.399 e. The molecule has 32 heavy (non-hydrogen) atoms. The first-order valence-corrected chi connectivity index (χ1v) is 10.6. The monoisotopic (exact) mass is 414 g/mol. The number of hydrogen-bond donors (Lipinski definition) is 1. The molecule has 0 heterocycles. The zero-order valence-electron chi connectivity index (χ0n) is 22.3. The number of rotatable bonds is 3. The molecule has 0 atom stereocenters. The molecule has 5 aromatic rings. The lowest BCUT2D eigenvalue weighted by Crippen LogP contribution is -2.28. The van der Waals surface area contributed by atoms with Crippen LogP contribution in [0.2, 0.25) is 0 Å². The molecule has 0 saturated carbocycles. The quantitative estimate of drug-likeness (QED) is 0.302. The van der Waals surface area contributed by atoms with Gasteiger partial charge in [-0.2, -0.15) is 0 Å². The van der Waals surface area contributed by atoms with Crippen LogP contribution in [0.25, 0.3) is 22.3 Å². The van der Waals surface area contributed by atoms with E-state index in [4.69, 9.17) is 12.6 Å². The normalized spacial score (nSPS) is 15.6. The SMILES string of the molecule is [2H]c1c([2H])c([2H])c(-c2ccc3c(c2)C(c2ccccc2)(c2ccccc2)c2cc(N)ccc2-3)c([2H])c1[2H]. The molecular weight excluding hydrogens is 386 g/mol. The van der Waals surface area contributed by atoms with Gasteiger partial charge in [-0.3, -0.25) is 0 Å². The average Bonchev–Trinajstić information content (AvgIpc) is 3.21. The summed E-state index contributed by atoms with van der Waals surface area (Å²) in [6, 6.07) is 30.7. The van der Waals surface area contributed by atoms with Crippen LogP contribution < -0.4 is 5.73 Å². The Morgan fingerprint density at radius 2 is 1.12 bits per heavy atom. The smallest absolute Gasteiger partial charge is 0.0714 e. The molecule has 1 nitrogen and oxygen atoms in total. The molecule has 0 radical (unpaired) electrons. The van der Waals surface area contributed by atoms with Gasteiger partial charge in [-0.1, -0.05) is 109 Å². The van der Waals surface area contributed by atoms with E-state index in [2.05, 4.69) is 24.3 Å². The summed E-state index contributed by atoms with van der Waals surface area (Å²) in [6.45, 7) is 0. The van der Waals surface area contributed by atoms with Crippen molar-refractivity contribution in [3.8, 4) is 22.3 Å². The van der Waals surface area contributed by atoms with Crippen molar-refractivity contribution >= 4 is 5.69 Å². The predicted molar refractivity (Wildman–Crippen MR) is 134 cm³/mol. The van der Waals surface area contributed by atoms with Crippen LogP contribution in [0.4, 0.5) is 5.69 Å². The topological polar surface area (TPSA) is 26.0 Å². The van der Waals surface area contributed by atoms with Crippen LogP contribution in [-0.4, -0.2) is 0 Å². The van der Waals surface area contributed by atoms with Crippen molar-refractivity contribution in [3.63, 3.8) is 0 Å². The van der Waals surface area contributed by atoms with Gasteiger partial charge in [0.25, 0.3) is 0 Å². The van der Waals surface area contributed by atoms with Gasteiger partial charge in [-0.25, -0.2) is 0 Å². The van der Waals surface area contributed by atoms with Crippen LogP contribution in [0, 0.1) is 0 Å². The number of anilines is 1. The van der Waals surface area contributed by atoms with Gasteiger partial charge in [0.15, 0.2) is 0 Å². The van der Waals surface area contributed by atoms with E-state index in [-0.39, 0.29) is 29.7 Å². The zero-order chi connectivity index (χ0) is 25.9. The lowest BCUT2D eigenvalue weighted by Gasteiger charge is -2.34. The van der Waals surface area contributed by atoms with Crippen LogP contribution in [0.15, 0.2) is 127 Å². The summed E-state index contributed by atoms with van der Waals surface area (Å²) in [4.78, 5) is 0. The van der Waals surface area contributed by atoms with Gasteiger partial charge in [-0.05, 0) is 62.7 Å². The Morgan fingerprint density at radius 1 is 0.562 bits per heavy atom. The van der Waals surface area contributed by atoms with E-state index in [1.807, 2.05) is 72.8 Å². The number of nitrogen functional groups attached to an aromatic ring is 1. The molecular formula is C31H23N. The third kappa shape index (κ3) is 2.65. The van der Waals surface area contributed by atoms with Crippen LogP contribution in [-0.2, 0) is 5.41 Å². The molecule has 0 aromatic heterocycles. The van der Waals surface area contributed by atoms with E-state index >= 15 is 0 Å². The Morgan fingerprint density at radius 3 is 1.75 bits per heavy atom. The molecule has 2 N–H and O–H groups in total. The van der Waals surface area contributed by atoms with Gasteiger partial charge < -0.3 is 5.73 Å². The maximum Gasteiger partial charge on any atom is 0.0714 e. The van der Waals surface area contributed by atoms with Crippen LogP contribution in [0.5, 0.6) is 0 Å². The minimum absolute atomic E-state index is 0.194. The highest BCUT2D eigenvalue weighted by Crippen LogP contribution is 2.57. The lowest BCUT2D eigenvalue weighted by molar-refractivity contribution is 0.769. The number of nitrogens with two attached hydrogens (primary N) is 1. The van der Waals surface area contributed by atoms with Crippen molar-refractivity contribution < 1.29 is 6.85 Å². The zero-order valence-corrected chi connectivity index (χ0v) is 17.3. The predicted octanol–water partition coefficient (Wildman–Crippen LogP) is 7.30. The van der Waals surface area contributed by atoms with Gasteiger partial charge in [0.2, 0.25) is 0 Å². The van der Waals surface area contributed by atoms with E-state index in [0.29, 0.717) is 11.3 Å². The van der Waals surface area contributed by atoms with Crippen molar-refractivity contribution in [3.05, 3.63) is 150 Å². The first-order chi connectivity index (χ1) is 17.9. The highest BCUT2D eigenvalue weighted by atomic mass is 14.6. The molecule has 0 fully saturated rings. The van der Waals surface area contributed by atoms with Gasteiger partial charge >= 0.3 is 0 Å². The fourth-order valence-electron chi connectivity index (χ4n) is 5.06. The Bertz CT molecular complexity index is 1610. The molecule has 0 amide bonds. The van der Waals surface area contributed by atoms with Gasteiger partial charge in [0, 0.05) is 5.69 Å². The van der Waals surface area contributed by atoms with Crippen molar-refractivity contribution in [2.45, 2.75) is 5.41 Å². The third-order valence-electron chi connectivity index (χ3n) is 6.36. The lowest BCUT2D eigenvalue weighted by atomic mass is 9.67. The van der Waals surface area contributed by atoms with E-state index < -0.39 is 11.5 Å². The van der Waals surface area contributed by atoms with Gasteiger partial charge in [0.1, 0.15) is 0 Å². The summed E-state index contributed by atoms with van der Waals surface area (Å²) in [5.74, 6) is 0. The van der Waals surface area contributed by atoms with E-state index in [0.717, 1.165) is 33.4 Å². The second kappa shape index (κ2) is 7.25. The fraction of sp³-hybridized carbons (Fsp3) is 0.0323. The Balaban J connectivity index is 1.75. The standard InChI is InChI=1S/C31H23N/c32-26-17-19-28-27-18-16-23(22-10-4-1-5-11-22)20-29(27)31(30(28)21-26,24-12-6-2-7-13-24)25-14-8-3-9-15-25/h1-21H,32H2/i1D,4D,5D,10D,11D. The molecule has 5 aromatic carbocycles. The maximum atomic E-state index is 8.56. The Kier molecular flexibility index (Phi) is 3.18. The van der Waals surface area contributed by atoms with Crippen molar-refractivity contribution in [2.24, 2.45) is 0 Å². The average molecular weight is 415 g/mol. The number of fused-ring (bicyclic) bond motifs is 3. The van der Waals surface area contributed by atoms with Crippen molar-refractivity contribution in [1.82, 2.24) is 0 Å². The minimum atomic E-state index is -0.702.